The molecular weight excluding hydrogens is 310 g/mol. The molecule has 1 aromatic carbocycles. The molecule has 0 aliphatic heterocycles. The smallest absolute Gasteiger partial charge is 0.313 e. The molecule has 128 valence electrons. The molecule has 0 amide bonds. The maximum absolute atomic E-state index is 11.6. The van der Waals surface area contributed by atoms with E-state index < -0.39 is 22.8 Å². The molecule has 0 aliphatic carbocycles. The van der Waals surface area contributed by atoms with E-state index in [1.54, 1.807) is 56.9 Å². The molecule has 0 aliphatic rings. The predicted octanol–water partition coefficient (Wildman–Crippen LogP) is 2.05. The van der Waals surface area contributed by atoms with Crippen molar-refractivity contribution in [3.05, 3.63) is 47.5 Å². The summed E-state index contributed by atoms with van der Waals surface area (Å²) in [7, 11) is 0. The van der Waals surface area contributed by atoms with Gasteiger partial charge in [0.05, 0.1) is 17.4 Å². The molecule has 2 aromatic rings. The number of aromatic nitrogens is 3. The second kappa shape index (κ2) is 6.07. The summed E-state index contributed by atoms with van der Waals surface area (Å²) in [6, 6.07) is 5.21. The minimum atomic E-state index is -1.14. The SMILES string of the molecule is CC(C)(C(=O)O)c1cc(Cn2cncn2)cc(C(C)(C)C(=O)O)c1. The van der Waals surface area contributed by atoms with Gasteiger partial charge in [-0.2, -0.15) is 5.10 Å². The van der Waals surface area contributed by atoms with Crippen molar-refractivity contribution < 1.29 is 19.8 Å². The summed E-state index contributed by atoms with van der Waals surface area (Å²) in [6.07, 6.45) is 2.96. The fourth-order valence-corrected chi connectivity index (χ4v) is 2.25. The number of rotatable bonds is 6. The molecule has 0 unspecified atom stereocenters. The van der Waals surface area contributed by atoms with E-state index in [1.165, 1.54) is 6.33 Å². The van der Waals surface area contributed by atoms with Crippen LogP contribution >= 0.6 is 0 Å². The van der Waals surface area contributed by atoms with Gasteiger partial charge in [-0.25, -0.2) is 9.67 Å². The quantitative estimate of drug-likeness (QED) is 0.839. The molecule has 0 bridgehead atoms. The molecule has 7 nitrogen and oxygen atoms in total. The Hall–Kier alpha value is -2.70. The van der Waals surface area contributed by atoms with Gasteiger partial charge in [0, 0.05) is 0 Å². The Morgan fingerprint density at radius 1 is 1.00 bits per heavy atom. The van der Waals surface area contributed by atoms with E-state index in [0.717, 1.165) is 5.56 Å². The second-order valence-electron chi connectivity index (χ2n) is 6.87. The highest BCUT2D eigenvalue weighted by Crippen LogP contribution is 2.31. The first kappa shape index (κ1) is 17.7. The van der Waals surface area contributed by atoms with Crippen molar-refractivity contribution in [3.63, 3.8) is 0 Å². The lowest BCUT2D eigenvalue weighted by Gasteiger charge is -2.26. The zero-order valence-corrected chi connectivity index (χ0v) is 14.1. The molecule has 0 fully saturated rings. The van der Waals surface area contributed by atoms with E-state index in [1.807, 2.05) is 0 Å². The summed E-state index contributed by atoms with van der Waals surface area (Å²) >= 11 is 0. The van der Waals surface area contributed by atoms with Gasteiger partial charge in [0.1, 0.15) is 12.7 Å². The second-order valence-corrected chi connectivity index (χ2v) is 6.87. The fraction of sp³-hybridized carbons (Fsp3) is 0.412. The van der Waals surface area contributed by atoms with Crippen LogP contribution in [-0.2, 0) is 27.0 Å². The number of carboxylic acid groups (broad SMARTS) is 2. The van der Waals surface area contributed by atoms with Gasteiger partial charge in [-0.3, -0.25) is 9.59 Å². The average molecular weight is 331 g/mol. The number of carbonyl (C=O) groups is 2. The summed E-state index contributed by atoms with van der Waals surface area (Å²) < 4.78 is 1.60. The zero-order valence-electron chi connectivity index (χ0n) is 14.1. The Morgan fingerprint density at radius 3 is 1.88 bits per heavy atom. The number of carboxylic acids is 2. The number of nitrogens with zero attached hydrogens (tertiary/aromatic N) is 3. The highest BCUT2D eigenvalue weighted by atomic mass is 16.4. The van der Waals surface area contributed by atoms with Crippen molar-refractivity contribution in [3.8, 4) is 0 Å². The predicted molar refractivity (Wildman–Crippen MR) is 86.9 cm³/mol. The number of hydrogen-bond acceptors (Lipinski definition) is 4. The van der Waals surface area contributed by atoms with E-state index in [0.29, 0.717) is 17.7 Å². The van der Waals surface area contributed by atoms with E-state index >= 15 is 0 Å². The third-order valence-corrected chi connectivity index (χ3v) is 4.32. The first-order valence-corrected chi connectivity index (χ1v) is 7.49. The van der Waals surface area contributed by atoms with Gasteiger partial charge in [0.25, 0.3) is 0 Å². The highest BCUT2D eigenvalue weighted by molar-refractivity contribution is 5.82. The minimum Gasteiger partial charge on any atom is -0.481 e. The maximum Gasteiger partial charge on any atom is 0.313 e. The maximum atomic E-state index is 11.6. The molecule has 0 atom stereocenters. The van der Waals surface area contributed by atoms with E-state index in [2.05, 4.69) is 10.1 Å². The van der Waals surface area contributed by atoms with Crippen LogP contribution in [0, 0.1) is 0 Å². The molecular formula is C17H21N3O4. The van der Waals surface area contributed by atoms with Crippen LogP contribution in [0.4, 0.5) is 0 Å². The van der Waals surface area contributed by atoms with E-state index in [-0.39, 0.29) is 0 Å². The van der Waals surface area contributed by atoms with Crippen molar-refractivity contribution in [2.75, 3.05) is 0 Å². The average Bonchev–Trinajstić information content (AvgIpc) is 2.99. The van der Waals surface area contributed by atoms with Crippen molar-refractivity contribution in [1.82, 2.24) is 14.8 Å². The molecule has 24 heavy (non-hydrogen) atoms. The number of aliphatic carboxylic acids is 2. The van der Waals surface area contributed by atoms with Crippen LogP contribution in [0.5, 0.6) is 0 Å². The summed E-state index contributed by atoms with van der Waals surface area (Å²) in [4.78, 5) is 27.1. The van der Waals surface area contributed by atoms with Gasteiger partial charge >= 0.3 is 11.9 Å². The monoisotopic (exact) mass is 331 g/mol. The molecule has 7 heteroatoms. The third-order valence-electron chi connectivity index (χ3n) is 4.32. The van der Waals surface area contributed by atoms with Crippen LogP contribution < -0.4 is 0 Å². The number of hydrogen-bond donors (Lipinski definition) is 2. The van der Waals surface area contributed by atoms with Gasteiger partial charge in [0.2, 0.25) is 0 Å². The lowest BCUT2D eigenvalue weighted by atomic mass is 9.78. The lowest BCUT2D eigenvalue weighted by Crippen LogP contribution is -2.32. The Bertz CT molecular complexity index is 720. The third kappa shape index (κ3) is 3.29. The molecule has 0 radical (unpaired) electrons. The van der Waals surface area contributed by atoms with Gasteiger partial charge in [0.15, 0.2) is 0 Å². The summed E-state index contributed by atoms with van der Waals surface area (Å²) in [5.41, 5.74) is -0.394. The first-order valence-electron chi connectivity index (χ1n) is 7.49. The largest absolute Gasteiger partial charge is 0.481 e. The van der Waals surface area contributed by atoms with Crippen LogP contribution in [0.3, 0.4) is 0 Å². The summed E-state index contributed by atoms with van der Waals surface area (Å²) in [5, 5.41) is 23.0. The van der Waals surface area contributed by atoms with Crippen LogP contribution in [0.1, 0.15) is 44.4 Å². The molecule has 2 N–H and O–H groups in total. The van der Waals surface area contributed by atoms with Crippen LogP contribution in [0.15, 0.2) is 30.9 Å². The molecule has 0 spiro atoms. The van der Waals surface area contributed by atoms with Crippen molar-refractivity contribution in [2.24, 2.45) is 0 Å². The Balaban J connectivity index is 2.59. The fourth-order valence-electron chi connectivity index (χ4n) is 2.25. The Kier molecular flexibility index (Phi) is 4.46. The molecule has 0 saturated heterocycles. The highest BCUT2D eigenvalue weighted by Gasteiger charge is 2.34. The molecule has 1 heterocycles. The van der Waals surface area contributed by atoms with Crippen LogP contribution in [0.2, 0.25) is 0 Å². The van der Waals surface area contributed by atoms with Crippen molar-refractivity contribution >= 4 is 11.9 Å². The lowest BCUT2D eigenvalue weighted by molar-refractivity contribution is -0.143. The zero-order chi connectivity index (χ0) is 18.1. The van der Waals surface area contributed by atoms with E-state index in [4.69, 9.17) is 0 Å². The summed E-state index contributed by atoms with van der Waals surface area (Å²) in [6.45, 7) is 6.78. The van der Waals surface area contributed by atoms with Gasteiger partial charge in [-0.15, -0.1) is 0 Å². The van der Waals surface area contributed by atoms with Gasteiger partial charge < -0.3 is 10.2 Å². The topological polar surface area (TPSA) is 105 Å². The van der Waals surface area contributed by atoms with Crippen LogP contribution in [0.25, 0.3) is 0 Å². The van der Waals surface area contributed by atoms with Gasteiger partial charge in [-0.05, 0) is 44.4 Å². The number of benzene rings is 1. The first-order chi connectivity index (χ1) is 11.0. The van der Waals surface area contributed by atoms with Crippen molar-refractivity contribution in [1.29, 1.82) is 0 Å². The Morgan fingerprint density at radius 2 is 1.50 bits per heavy atom. The standard InChI is InChI=1S/C17H21N3O4/c1-16(2,14(21)22)12-5-11(8-20-10-18-9-19-20)6-13(7-12)17(3,4)15(23)24/h5-7,9-10H,8H2,1-4H3,(H,21,22)(H,23,24). The molecule has 2 rings (SSSR count). The summed E-state index contributed by atoms with van der Waals surface area (Å²) in [5.74, 6) is -1.95. The van der Waals surface area contributed by atoms with E-state index in [9.17, 15) is 19.8 Å². The minimum absolute atomic E-state index is 0.381. The van der Waals surface area contributed by atoms with Crippen molar-refractivity contribution in [2.45, 2.75) is 45.1 Å². The molecule has 0 saturated carbocycles. The van der Waals surface area contributed by atoms with Gasteiger partial charge in [-0.1, -0.05) is 18.2 Å². The Labute approximate surface area is 140 Å². The normalized spacial score (nSPS) is 12.2. The van der Waals surface area contributed by atoms with Crippen LogP contribution in [-0.4, -0.2) is 36.9 Å². The molecule has 1 aromatic heterocycles.